The normalized spacial score (nSPS) is 29.4. The molecule has 1 spiro atoms. The van der Waals surface area contributed by atoms with Gasteiger partial charge in [0.2, 0.25) is 0 Å². The molecule has 6 rings (SSSR count). The summed E-state index contributed by atoms with van der Waals surface area (Å²) in [7, 11) is 0. The van der Waals surface area contributed by atoms with E-state index in [0.717, 1.165) is 76.9 Å². The summed E-state index contributed by atoms with van der Waals surface area (Å²) in [6, 6.07) is 7.62. The predicted molar refractivity (Wildman–Crippen MR) is 174 cm³/mol. The fraction of sp³-hybridized carbons (Fsp3) is 0.571. The average molecular weight is 616 g/mol. The van der Waals surface area contributed by atoms with E-state index in [0.29, 0.717) is 46.2 Å². The molecule has 0 radical (unpaired) electrons. The summed E-state index contributed by atoms with van der Waals surface area (Å²) in [5.74, 6) is 1.75. The van der Waals surface area contributed by atoms with Gasteiger partial charge in [0.1, 0.15) is 17.4 Å². The van der Waals surface area contributed by atoms with Crippen molar-refractivity contribution in [2.45, 2.75) is 76.7 Å². The summed E-state index contributed by atoms with van der Waals surface area (Å²) in [5, 5.41) is 19.5. The van der Waals surface area contributed by atoms with E-state index in [-0.39, 0.29) is 17.5 Å². The number of piperidine rings is 1. The van der Waals surface area contributed by atoms with Crippen LogP contribution in [0.4, 0.5) is 0 Å². The first-order chi connectivity index (χ1) is 21.6. The number of allylic oxidation sites excluding steroid dienone is 1. The molecule has 2 aromatic rings. The Balaban J connectivity index is 1.03. The van der Waals surface area contributed by atoms with E-state index >= 15 is 0 Å². The number of phenolic OH excluding ortho intramolecular Hbond substituents is 1. The third-order valence-corrected chi connectivity index (χ3v) is 11.0. The van der Waals surface area contributed by atoms with Crippen molar-refractivity contribution in [1.82, 2.24) is 19.8 Å². The SMILES string of the molecule is CC1CCC(Cc2ncc(C3CCN([C@H]4CC5(C[C@H](C(=O)O)C5)C4)CC3)cn2)CN(C(/C=C(\N)c2ccccc2O)=C(N)N)C1. The van der Waals surface area contributed by atoms with Crippen LogP contribution in [0.3, 0.4) is 0 Å². The minimum Gasteiger partial charge on any atom is -0.507 e. The Bertz CT molecular complexity index is 1410. The van der Waals surface area contributed by atoms with Gasteiger partial charge in [0, 0.05) is 49.2 Å². The summed E-state index contributed by atoms with van der Waals surface area (Å²) < 4.78 is 0. The second-order valence-corrected chi connectivity index (χ2v) is 14.4. The van der Waals surface area contributed by atoms with E-state index in [1.165, 1.54) is 18.4 Å². The summed E-state index contributed by atoms with van der Waals surface area (Å²) in [6.45, 7) is 6.02. The summed E-state index contributed by atoms with van der Waals surface area (Å²) in [5.41, 5.74) is 22.0. The van der Waals surface area contributed by atoms with Gasteiger partial charge in [-0.3, -0.25) is 4.79 Å². The van der Waals surface area contributed by atoms with Gasteiger partial charge in [0.05, 0.1) is 11.6 Å². The van der Waals surface area contributed by atoms with Crippen molar-refractivity contribution in [2.24, 2.45) is 40.4 Å². The maximum absolute atomic E-state index is 11.2. The zero-order chi connectivity index (χ0) is 31.7. The van der Waals surface area contributed by atoms with Crippen molar-refractivity contribution in [1.29, 1.82) is 0 Å². The molecule has 4 fully saturated rings. The number of hydrogen-bond acceptors (Lipinski definition) is 9. The van der Waals surface area contributed by atoms with Crippen molar-refractivity contribution < 1.29 is 15.0 Å². The molecule has 1 aromatic heterocycles. The second-order valence-electron chi connectivity index (χ2n) is 14.4. The molecule has 2 aliphatic carbocycles. The zero-order valence-corrected chi connectivity index (χ0v) is 26.4. The Morgan fingerprint density at radius 1 is 1.00 bits per heavy atom. The Labute approximate surface area is 266 Å². The lowest BCUT2D eigenvalue weighted by Crippen LogP contribution is -2.58. The van der Waals surface area contributed by atoms with E-state index in [9.17, 15) is 15.0 Å². The van der Waals surface area contributed by atoms with Crippen LogP contribution in [0.15, 0.2) is 54.3 Å². The molecule has 2 aliphatic heterocycles. The number of phenols is 1. The molecule has 0 bridgehead atoms. The molecule has 242 valence electrons. The number of nitrogens with two attached hydrogens (primary N) is 3. The molecular weight excluding hydrogens is 566 g/mol. The number of aromatic nitrogens is 2. The number of benzene rings is 1. The number of carboxylic acids is 1. The molecule has 2 unspecified atom stereocenters. The van der Waals surface area contributed by atoms with Crippen molar-refractivity contribution in [3.8, 4) is 5.75 Å². The van der Waals surface area contributed by atoms with Gasteiger partial charge >= 0.3 is 5.97 Å². The fourth-order valence-electron chi connectivity index (χ4n) is 8.36. The molecule has 45 heavy (non-hydrogen) atoms. The number of nitrogens with zero attached hydrogens (tertiary/aromatic N) is 4. The first-order valence-corrected chi connectivity index (χ1v) is 16.6. The Morgan fingerprint density at radius 3 is 2.33 bits per heavy atom. The van der Waals surface area contributed by atoms with Crippen LogP contribution in [0.25, 0.3) is 5.70 Å². The van der Waals surface area contributed by atoms with Crippen LogP contribution >= 0.6 is 0 Å². The largest absolute Gasteiger partial charge is 0.507 e. The highest BCUT2D eigenvalue weighted by Crippen LogP contribution is 2.60. The summed E-state index contributed by atoms with van der Waals surface area (Å²) in [4.78, 5) is 25.7. The molecule has 10 heteroatoms. The third-order valence-electron chi connectivity index (χ3n) is 11.0. The van der Waals surface area contributed by atoms with E-state index in [1.54, 1.807) is 24.3 Å². The van der Waals surface area contributed by atoms with Gasteiger partial charge in [-0.05, 0) is 111 Å². The number of likely N-dealkylation sites (tertiary alicyclic amines) is 2. The lowest BCUT2D eigenvalue weighted by Gasteiger charge is -2.59. The lowest BCUT2D eigenvalue weighted by molar-refractivity contribution is -0.160. The Hall–Kier alpha value is -3.79. The van der Waals surface area contributed by atoms with Crippen LogP contribution in [-0.2, 0) is 11.2 Å². The van der Waals surface area contributed by atoms with Crippen molar-refractivity contribution in [3.05, 3.63) is 71.2 Å². The van der Waals surface area contributed by atoms with Crippen molar-refractivity contribution in [3.63, 3.8) is 0 Å². The van der Waals surface area contributed by atoms with E-state index in [1.807, 2.05) is 18.5 Å². The third kappa shape index (κ3) is 6.90. The van der Waals surface area contributed by atoms with Crippen LogP contribution in [0.2, 0.25) is 0 Å². The number of hydrogen-bond donors (Lipinski definition) is 5. The van der Waals surface area contributed by atoms with Crippen molar-refractivity contribution in [2.75, 3.05) is 26.2 Å². The molecule has 1 aromatic carbocycles. The quantitative estimate of drug-likeness (QED) is 0.274. The Kier molecular flexibility index (Phi) is 8.95. The molecule has 8 N–H and O–H groups in total. The van der Waals surface area contributed by atoms with Crippen LogP contribution in [-0.4, -0.2) is 68.2 Å². The summed E-state index contributed by atoms with van der Waals surface area (Å²) in [6.07, 6.45) is 15.1. The minimum atomic E-state index is -0.618. The average Bonchev–Trinajstić information content (AvgIpc) is 3.15. The van der Waals surface area contributed by atoms with Crippen molar-refractivity contribution >= 4 is 11.7 Å². The van der Waals surface area contributed by atoms with E-state index in [2.05, 4.69) is 16.7 Å². The second kappa shape index (κ2) is 12.9. The molecule has 2 saturated carbocycles. The predicted octanol–water partition coefficient (Wildman–Crippen LogP) is 3.98. The minimum absolute atomic E-state index is 0.110. The maximum atomic E-state index is 11.2. The molecule has 3 heterocycles. The molecule has 2 atom stereocenters. The lowest BCUT2D eigenvalue weighted by atomic mass is 9.49. The number of para-hydroxylation sites is 1. The first kappa shape index (κ1) is 31.2. The highest BCUT2D eigenvalue weighted by Gasteiger charge is 2.56. The standard InChI is InChI=1S/C35H49N7O3/c1-22-6-7-23(21-42(20-22)30(33(37)38)13-29(36)28-4-2-3-5-31(28)43)12-32-39-18-26(19-40-32)24-8-10-41(11-9-24)27-16-35(17-27)14-25(15-35)34(44)45/h2-5,13,18-19,22-25,27,43H,6-12,14-17,20-21,36-38H2,1H3,(H,44,45)/b29-13-/t22?,23?,25-,27-,35?. The molecule has 4 aliphatic rings. The highest BCUT2D eigenvalue weighted by atomic mass is 16.4. The summed E-state index contributed by atoms with van der Waals surface area (Å²) >= 11 is 0. The Morgan fingerprint density at radius 2 is 1.69 bits per heavy atom. The van der Waals surface area contributed by atoms with Crippen LogP contribution in [0.5, 0.6) is 5.75 Å². The first-order valence-electron chi connectivity index (χ1n) is 16.6. The van der Waals surface area contributed by atoms with Gasteiger partial charge in [-0.2, -0.15) is 0 Å². The molecule has 0 amide bonds. The highest BCUT2D eigenvalue weighted by molar-refractivity contribution is 5.71. The van der Waals surface area contributed by atoms with Gasteiger partial charge in [0.25, 0.3) is 0 Å². The zero-order valence-electron chi connectivity index (χ0n) is 26.4. The number of carboxylic acid groups (broad SMARTS) is 1. The van der Waals surface area contributed by atoms with E-state index < -0.39 is 5.97 Å². The molecular formula is C35H49N7O3. The van der Waals surface area contributed by atoms with Gasteiger partial charge in [-0.15, -0.1) is 0 Å². The maximum Gasteiger partial charge on any atom is 0.306 e. The monoisotopic (exact) mass is 615 g/mol. The fourth-order valence-corrected chi connectivity index (χ4v) is 8.36. The van der Waals surface area contributed by atoms with Crippen LogP contribution in [0, 0.1) is 23.2 Å². The van der Waals surface area contributed by atoms with Gasteiger partial charge in [0.15, 0.2) is 0 Å². The van der Waals surface area contributed by atoms with Gasteiger partial charge in [-0.25, -0.2) is 9.97 Å². The van der Waals surface area contributed by atoms with Crippen LogP contribution in [0.1, 0.15) is 81.2 Å². The number of aromatic hydroxyl groups is 1. The number of aliphatic carboxylic acids is 1. The topological polar surface area (TPSA) is 168 Å². The van der Waals surface area contributed by atoms with Crippen LogP contribution < -0.4 is 17.2 Å². The smallest absolute Gasteiger partial charge is 0.306 e. The molecule has 2 saturated heterocycles. The molecule has 10 nitrogen and oxygen atoms in total. The van der Waals surface area contributed by atoms with E-state index in [4.69, 9.17) is 27.2 Å². The number of rotatable bonds is 8. The van der Waals surface area contributed by atoms with Gasteiger partial charge < -0.3 is 37.2 Å². The number of carbonyl (C=O) groups is 1. The van der Waals surface area contributed by atoms with Gasteiger partial charge in [-0.1, -0.05) is 19.1 Å².